The highest BCUT2D eigenvalue weighted by Gasteiger charge is 2.34. The molecule has 0 aliphatic carbocycles. The number of hydrogen-bond donors (Lipinski definition) is 0. The summed E-state index contributed by atoms with van der Waals surface area (Å²) in [6, 6.07) is 0. The number of carbonyl (C=O) groups excluding carboxylic acids is 2. The molecule has 2 unspecified atom stereocenters. The Kier molecular flexibility index (Phi) is 4.59. The Morgan fingerprint density at radius 3 is 2.33 bits per heavy atom. The monoisotopic (exact) mass is 257 g/mol. The number of hydrogen-bond acceptors (Lipinski definition) is 4. The van der Waals surface area contributed by atoms with Crippen molar-refractivity contribution in [3.05, 3.63) is 0 Å². The highest BCUT2D eigenvalue weighted by molar-refractivity contribution is 5.74. The SMILES string of the molecule is COC(=O)C1CC(C)CN(C(=O)OC(C)(C)C)C1. The number of ether oxygens (including phenoxy) is 2. The molecule has 1 amide bonds. The second-order valence-corrected chi connectivity index (χ2v) is 5.95. The Bertz CT molecular complexity index is 321. The van der Waals surface area contributed by atoms with Crippen molar-refractivity contribution >= 4 is 12.1 Å². The lowest BCUT2D eigenvalue weighted by Crippen LogP contribution is -2.47. The van der Waals surface area contributed by atoms with Crippen LogP contribution in [-0.4, -0.2) is 42.8 Å². The average molecular weight is 257 g/mol. The number of likely N-dealkylation sites (tertiary alicyclic amines) is 1. The van der Waals surface area contributed by atoms with Gasteiger partial charge in [0.15, 0.2) is 0 Å². The quantitative estimate of drug-likeness (QED) is 0.675. The Morgan fingerprint density at radius 2 is 1.83 bits per heavy atom. The van der Waals surface area contributed by atoms with Crippen LogP contribution >= 0.6 is 0 Å². The minimum Gasteiger partial charge on any atom is -0.469 e. The molecule has 0 saturated carbocycles. The molecule has 5 heteroatoms. The van der Waals surface area contributed by atoms with E-state index in [1.807, 2.05) is 27.7 Å². The van der Waals surface area contributed by atoms with E-state index < -0.39 is 5.60 Å². The summed E-state index contributed by atoms with van der Waals surface area (Å²) >= 11 is 0. The molecular weight excluding hydrogens is 234 g/mol. The number of carbonyl (C=O) groups is 2. The van der Waals surface area contributed by atoms with Crippen molar-refractivity contribution in [3.8, 4) is 0 Å². The molecular formula is C13H23NO4. The van der Waals surface area contributed by atoms with Gasteiger partial charge in [0.1, 0.15) is 5.60 Å². The fourth-order valence-electron chi connectivity index (χ4n) is 2.16. The summed E-state index contributed by atoms with van der Waals surface area (Å²) in [4.78, 5) is 25.1. The van der Waals surface area contributed by atoms with Gasteiger partial charge in [-0.25, -0.2) is 4.79 Å². The molecule has 1 rings (SSSR count). The first kappa shape index (κ1) is 14.8. The van der Waals surface area contributed by atoms with E-state index >= 15 is 0 Å². The molecule has 5 nitrogen and oxygen atoms in total. The smallest absolute Gasteiger partial charge is 0.410 e. The maximum Gasteiger partial charge on any atom is 0.410 e. The highest BCUT2D eigenvalue weighted by atomic mass is 16.6. The lowest BCUT2D eigenvalue weighted by atomic mass is 9.91. The standard InChI is InChI=1S/C13H23NO4/c1-9-6-10(11(15)17-5)8-14(7-9)12(16)18-13(2,3)4/h9-10H,6-8H2,1-5H3. The molecule has 1 heterocycles. The molecule has 0 aromatic rings. The first-order valence-electron chi connectivity index (χ1n) is 6.28. The summed E-state index contributed by atoms with van der Waals surface area (Å²) in [6.07, 6.45) is 0.398. The zero-order chi connectivity index (χ0) is 13.9. The fraction of sp³-hybridized carbons (Fsp3) is 0.846. The van der Waals surface area contributed by atoms with E-state index in [0.29, 0.717) is 13.1 Å². The van der Waals surface area contributed by atoms with Crippen molar-refractivity contribution < 1.29 is 19.1 Å². The van der Waals surface area contributed by atoms with Gasteiger partial charge in [-0.1, -0.05) is 6.92 Å². The maximum atomic E-state index is 12.0. The van der Waals surface area contributed by atoms with Crippen LogP contribution in [0.4, 0.5) is 4.79 Å². The molecule has 1 aliphatic heterocycles. The largest absolute Gasteiger partial charge is 0.469 e. The van der Waals surface area contributed by atoms with Gasteiger partial charge in [0.2, 0.25) is 0 Å². The molecule has 0 spiro atoms. The van der Waals surface area contributed by atoms with Crippen molar-refractivity contribution in [2.24, 2.45) is 11.8 Å². The first-order chi connectivity index (χ1) is 8.23. The second kappa shape index (κ2) is 5.59. The number of piperidine rings is 1. The highest BCUT2D eigenvalue weighted by Crippen LogP contribution is 2.24. The average Bonchev–Trinajstić information content (AvgIpc) is 2.24. The number of nitrogens with zero attached hydrogens (tertiary/aromatic N) is 1. The van der Waals surface area contributed by atoms with E-state index in [9.17, 15) is 9.59 Å². The van der Waals surface area contributed by atoms with Crippen LogP contribution < -0.4 is 0 Å². The zero-order valence-corrected chi connectivity index (χ0v) is 11.9. The third kappa shape index (κ3) is 4.20. The Hall–Kier alpha value is -1.26. The number of methoxy groups -OCH3 is 1. The van der Waals surface area contributed by atoms with Gasteiger partial charge in [0.25, 0.3) is 0 Å². The van der Waals surface area contributed by atoms with Crippen molar-refractivity contribution in [2.45, 2.75) is 39.7 Å². The predicted octanol–water partition coefficient (Wildman–Crippen LogP) is 2.05. The summed E-state index contributed by atoms with van der Waals surface area (Å²) in [6.45, 7) is 8.52. The van der Waals surface area contributed by atoms with E-state index in [1.54, 1.807) is 4.90 Å². The topological polar surface area (TPSA) is 55.8 Å². The molecule has 104 valence electrons. The lowest BCUT2D eigenvalue weighted by Gasteiger charge is -2.36. The predicted molar refractivity (Wildman–Crippen MR) is 67.1 cm³/mol. The molecule has 0 aromatic heterocycles. The Morgan fingerprint density at radius 1 is 1.22 bits per heavy atom. The van der Waals surface area contributed by atoms with E-state index in [2.05, 4.69) is 0 Å². The summed E-state index contributed by atoms with van der Waals surface area (Å²) in [5, 5.41) is 0. The summed E-state index contributed by atoms with van der Waals surface area (Å²) in [5.74, 6) is -0.225. The Balaban J connectivity index is 2.66. The molecule has 0 N–H and O–H groups in total. The lowest BCUT2D eigenvalue weighted by molar-refractivity contribution is -0.147. The van der Waals surface area contributed by atoms with Crippen molar-refractivity contribution in [1.29, 1.82) is 0 Å². The number of esters is 1. The molecule has 2 atom stereocenters. The number of rotatable bonds is 1. The second-order valence-electron chi connectivity index (χ2n) is 5.95. The van der Waals surface area contributed by atoms with Crippen LogP contribution in [0.3, 0.4) is 0 Å². The van der Waals surface area contributed by atoms with Crippen LogP contribution in [0.25, 0.3) is 0 Å². The maximum absolute atomic E-state index is 12.0. The molecule has 1 aliphatic rings. The van der Waals surface area contributed by atoms with Gasteiger partial charge in [-0.15, -0.1) is 0 Å². The van der Waals surface area contributed by atoms with Crippen LogP contribution in [0, 0.1) is 11.8 Å². The van der Waals surface area contributed by atoms with Crippen LogP contribution in [0.5, 0.6) is 0 Å². The Labute approximate surface area is 108 Å². The third-order valence-corrected chi connectivity index (χ3v) is 2.85. The van der Waals surface area contributed by atoms with Gasteiger partial charge in [-0.2, -0.15) is 0 Å². The molecule has 0 bridgehead atoms. The van der Waals surface area contributed by atoms with Crippen LogP contribution in [0.1, 0.15) is 34.1 Å². The molecule has 18 heavy (non-hydrogen) atoms. The van der Waals surface area contributed by atoms with E-state index in [4.69, 9.17) is 9.47 Å². The minimum absolute atomic E-state index is 0.244. The van der Waals surface area contributed by atoms with Crippen LogP contribution in [0.15, 0.2) is 0 Å². The summed E-state index contributed by atoms with van der Waals surface area (Å²) in [7, 11) is 1.37. The van der Waals surface area contributed by atoms with Gasteiger partial charge in [-0.05, 0) is 33.1 Å². The zero-order valence-electron chi connectivity index (χ0n) is 11.9. The summed E-state index contributed by atoms with van der Waals surface area (Å²) < 4.78 is 10.1. The molecule has 1 saturated heterocycles. The van der Waals surface area contributed by atoms with E-state index in [1.165, 1.54) is 7.11 Å². The molecule has 0 radical (unpaired) electrons. The van der Waals surface area contributed by atoms with E-state index in [-0.39, 0.29) is 23.9 Å². The third-order valence-electron chi connectivity index (χ3n) is 2.85. The van der Waals surface area contributed by atoms with E-state index in [0.717, 1.165) is 6.42 Å². The van der Waals surface area contributed by atoms with Gasteiger partial charge in [0, 0.05) is 13.1 Å². The summed E-state index contributed by atoms with van der Waals surface area (Å²) in [5.41, 5.74) is -0.515. The number of amides is 1. The normalized spacial score (nSPS) is 24.6. The van der Waals surface area contributed by atoms with Crippen molar-refractivity contribution in [2.75, 3.05) is 20.2 Å². The van der Waals surface area contributed by atoms with Crippen LogP contribution in [-0.2, 0) is 14.3 Å². The van der Waals surface area contributed by atoms with Gasteiger partial charge in [-0.3, -0.25) is 4.79 Å². The first-order valence-corrected chi connectivity index (χ1v) is 6.28. The van der Waals surface area contributed by atoms with Gasteiger partial charge >= 0.3 is 12.1 Å². The fourth-order valence-corrected chi connectivity index (χ4v) is 2.16. The van der Waals surface area contributed by atoms with Gasteiger partial charge < -0.3 is 14.4 Å². The van der Waals surface area contributed by atoms with Crippen LogP contribution in [0.2, 0.25) is 0 Å². The molecule has 1 fully saturated rings. The van der Waals surface area contributed by atoms with Gasteiger partial charge in [0.05, 0.1) is 13.0 Å². The minimum atomic E-state index is -0.515. The van der Waals surface area contributed by atoms with Crippen molar-refractivity contribution in [1.82, 2.24) is 4.90 Å². The molecule has 0 aromatic carbocycles. The van der Waals surface area contributed by atoms with Crippen molar-refractivity contribution in [3.63, 3.8) is 0 Å².